The van der Waals surface area contributed by atoms with Crippen molar-refractivity contribution in [1.29, 1.82) is 0 Å². The van der Waals surface area contributed by atoms with Gasteiger partial charge in [-0.25, -0.2) is 9.97 Å². The normalized spacial score (nSPS) is 18.9. The fourth-order valence-corrected chi connectivity index (χ4v) is 1.61. The minimum absolute atomic E-state index is 0.451. The summed E-state index contributed by atoms with van der Waals surface area (Å²) in [6.07, 6.45) is 6.25. The Labute approximate surface area is 83.4 Å². The molecular weight excluding hydrogens is 178 g/mol. The van der Waals surface area contributed by atoms with Crippen molar-refractivity contribution in [3.05, 3.63) is 24.3 Å². The van der Waals surface area contributed by atoms with Gasteiger partial charge < -0.3 is 10.4 Å². The van der Waals surface area contributed by atoms with Crippen molar-refractivity contribution >= 4 is 0 Å². The molecule has 0 aromatic carbocycles. The summed E-state index contributed by atoms with van der Waals surface area (Å²) in [5, 5.41) is 13.0. The Bertz CT molecular complexity index is 285. The van der Waals surface area contributed by atoms with Crippen LogP contribution in [0.2, 0.25) is 0 Å². The van der Waals surface area contributed by atoms with Gasteiger partial charge >= 0.3 is 0 Å². The Kier molecular flexibility index (Phi) is 2.74. The topological polar surface area (TPSA) is 58.0 Å². The van der Waals surface area contributed by atoms with Gasteiger partial charge in [0.25, 0.3) is 0 Å². The van der Waals surface area contributed by atoms with Crippen LogP contribution in [-0.4, -0.2) is 27.2 Å². The van der Waals surface area contributed by atoms with E-state index in [1.54, 1.807) is 6.20 Å². The third-order valence-electron chi connectivity index (χ3n) is 2.69. The van der Waals surface area contributed by atoms with E-state index in [0.717, 1.165) is 25.0 Å². The lowest BCUT2D eigenvalue weighted by atomic mass is 9.80. The van der Waals surface area contributed by atoms with Crippen LogP contribution in [0.5, 0.6) is 0 Å². The number of aromatic nitrogens is 2. The van der Waals surface area contributed by atoms with Crippen LogP contribution in [0, 0.1) is 0 Å². The number of nitrogens with one attached hydrogen (secondary N) is 1. The standard InChI is InChI=1S/C10H15N3O/c14-10(3-1-4-10)7-12-6-9-2-5-11-8-13-9/h2,5,8,12,14H,1,3-4,6-7H2. The van der Waals surface area contributed by atoms with E-state index in [4.69, 9.17) is 0 Å². The number of rotatable bonds is 4. The Hall–Kier alpha value is -1.00. The molecule has 0 aliphatic heterocycles. The number of hydrogen-bond acceptors (Lipinski definition) is 4. The van der Waals surface area contributed by atoms with Crippen molar-refractivity contribution in [2.24, 2.45) is 0 Å². The molecule has 0 amide bonds. The molecule has 0 unspecified atom stereocenters. The third kappa shape index (κ3) is 2.27. The first-order valence-corrected chi connectivity index (χ1v) is 4.97. The zero-order valence-electron chi connectivity index (χ0n) is 8.11. The minimum atomic E-state index is -0.451. The SMILES string of the molecule is OC1(CNCc2ccncn2)CCC1. The predicted octanol–water partition coefficient (Wildman–Crippen LogP) is 0.481. The number of aliphatic hydroxyl groups is 1. The monoisotopic (exact) mass is 193 g/mol. The van der Waals surface area contributed by atoms with Crippen molar-refractivity contribution < 1.29 is 5.11 Å². The lowest BCUT2D eigenvalue weighted by molar-refractivity contribution is -0.0315. The quantitative estimate of drug-likeness (QED) is 0.730. The van der Waals surface area contributed by atoms with Gasteiger partial charge in [-0.1, -0.05) is 0 Å². The zero-order valence-corrected chi connectivity index (χ0v) is 8.11. The van der Waals surface area contributed by atoms with Gasteiger partial charge in [0.05, 0.1) is 11.3 Å². The van der Waals surface area contributed by atoms with Crippen LogP contribution in [0.4, 0.5) is 0 Å². The first-order valence-electron chi connectivity index (χ1n) is 4.97. The highest BCUT2D eigenvalue weighted by molar-refractivity contribution is 4.98. The maximum Gasteiger partial charge on any atom is 0.115 e. The summed E-state index contributed by atoms with van der Waals surface area (Å²) in [7, 11) is 0. The fraction of sp³-hybridized carbons (Fsp3) is 0.600. The molecule has 2 rings (SSSR count). The number of nitrogens with zero attached hydrogens (tertiary/aromatic N) is 2. The largest absolute Gasteiger partial charge is 0.389 e. The first-order chi connectivity index (χ1) is 6.79. The Morgan fingerprint density at radius 1 is 1.50 bits per heavy atom. The number of hydrogen-bond donors (Lipinski definition) is 2. The summed E-state index contributed by atoms with van der Waals surface area (Å²) < 4.78 is 0. The molecule has 76 valence electrons. The molecule has 14 heavy (non-hydrogen) atoms. The van der Waals surface area contributed by atoms with E-state index in [1.807, 2.05) is 6.07 Å². The molecule has 0 radical (unpaired) electrons. The van der Waals surface area contributed by atoms with Gasteiger partial charge in [-0.05, 0) is 25.3 Å². The van der Waals surface area contributed by atoms with Crippen LogP contribution >= 0.6 is 0 Å². The Balaban J connectivity index is 1.73. The maximum absolute atomic E-state index is 9.79. The molecule has 1 aliphatic rings. The van der Waals surface area contributed by atoms with Crippen LogP contribution in [0.15, 0.2) is 18.6 Å². The summed E-state index contributed by atoms with van der Waals surface area (Å²) in [5.41, 5.74) is 0.510. The van der Waals surface area contributed by atoms with Crippen molar-refractivity contribution in [3.63, 3.8) is 0 Å². The van der Waals surface area contributed by atoms with Gasteiger partial charge in [-0.3, -0.25) is 0 Å². The molecule has 1 aliphatic carbocycles. The van der Waals surface area contributed by atoms with Gasteiger partial charge in [0.15, 0.2) is 0 Å². The predicted molar refractivity (Wildman–Crippen MR) is 52.5 cm³/mol. The molecule has 2 N–H and O–H groups in total. The summed E-state index contributed by atoms with van der Waals surface area (Å²) in [6.45, 7) is 1.36. The van der Waals surface area contributed by atoms with Crippen molar-refractivity contribution in [1.82, 2.24) is 15.3 Å². The van der Waals surface area contributed by atoms with Gasteiger partial charge in [0, 0.05) is 19.3 Å². The maximum atomic E-state index is 9.79. The highest BCUT2D eigenvalue weighted by atomic mass is 16.3. The summed E-state index contributed by atoms with van der Waals surface area (Å²) in [5.74, 6) is 0. The van der Waals surface area contributed by atoms with E-state index in [9.17, 15) is 5.11 Å². The first kappa shape index (κ1) is 9.55. The summed E-state index contributed by atoms with van der Waals surface area (Å²) in [4.78, 5) is 7.93. The third-order valence-corrected chi connectivity index (χ3v) is 2.69. The van der Waals surface area contributed by atoms with Crippen molar-refractivity contribution in [2.45, 2.75) is 31.4 Å². The second-order valence-electron chi connectivity index (χ2n) is 3.88. The lowest BCUT2D eigenvalue weighted by Gasteiger charge is -2.36. The molecule has 0 atom stereocenters. The van der Waals surface area contributed by atoms with E-state index in [0.29, 0.717) is 13.1 Å². The lowest BCUT2D eigenvalue weighted by Crippen LogP contribution is -2.46. The summed E-state index contributed by atoms with van der Waals surface area (Å²) >= 11 is 0. The molecular formula is C10H15N3O. The van der Waals surface area contributed by atoms with Gasteiger partial charge in [-0.15, -0.1) is 0 Å². The minimum Gasteiger partial charge on any atom is -0.389 e. The van der Waals surface area contributed by atoms with Crippen molar-refractivity contribution in [3.8, 4) is 0 Å². The average Bonchev–Trinajstić information content (AvgIpc) is 2.17. The highest BCUT2D eigenvalue weighted by Crippen LogP contribution is 2.30. The molecule has 1 aromatic heterocycles. The van der Waals surface area contributed by atoms with E-state index >= 15 is 0 Å². The van der Waals surface area contributed by atoms with E-state index in [-0.39, 0.29) is 0 Å². The van der Waals surface area contributed by atoms with E-state index < -0.39 is 5.60 Å². The Morgan fingerprint density at radius 2 is 2.36 bits per heavy atom. The van der Waals surface area contributed by atoms with Crippen LogP contribution < -0.4 is 5.32 Å². The van der Waals surface area contributed by atoms with E-state index in [1.165, 1.54) is 6.33 Å². The molecule has 0 saturated heterocycles. The summed E-state index contributed by atoms with van der Waals surface area (Å²) in [6, 6.07) is 1.87. The van der Waals surface area contributed by atoms with Gasteiger partial charge in [-0.2, -0.15) is 0 Å². The molecule has 4 nitrogen and oxygen atoms in total. The molecule has 0 bridgehead atoms. The highest BCUT2D eigenvalue weighted by Gasteiger charge is 2.33. The molecule has 1 saturated carbocycles. The molecule has 1 aromatic rings. The molecule has 0 spiro atoms. The molecule has 1 fully saturated rings. The van der Waals surface area contributed by atoms with Crippen molar-refractivity contribution in [2.75, 3.05) is 6.54 Å². The smallest absolute Gasteiger partial charge is 0.115 e. The zero-order chi connectivity index (χ0) is 9.86. The van der Waals surface area contributed by atoms with Crippen LogP contribution in [0.3, 0.4) is 0 Å². The van der Waals surface area contributed by atoms with Crippen LogP contribution in [0.25, 0.3) is 0 Å². The van der Waals surface area contributed by atoms with E-state index in [2.05, 4.69) is 15.3 Å². The second kappa shape index (κ2) is 4.02. The van der Waals surface area contributed by atoms with Gasteiger partial charge in [0.1, 0.15) is 6.33 Å². The average molecular weight is 193 g/mol. The molecule has 4 heteroatoms. The van der Waals surface area contributed by atoms with Gasteiger partial charge in [0.2, 0.25) is 0 Å². The van der Waals surface area contributed by atoms with Crippen LogP contribution in [-0.2, 0) is 6.54 Å². The van der Waals surface area contributed by atoms with Crippen LogP contribution in [0.1, 0.15) is 25.0 Å². The second-order valence-corrected chi connectivity index (χ2v) is 3.88. The molecule has 1 heterocycles. The fourth-order valence-electron chi connectivity index (χ4n) is 1.61. The Morgan fingerprint density at radius 3 is 2.93 bits per heavy atom.